The van der Waals surface area contributed by atoms with Gasteiger partial charge in [-0.05, 0) is 62.9 Å². The number of hydrogen-bond donors (Lipinski definition) is 1. The highest BCUT2D eigenvalue weighted by Gasteiger charge is 2.22. The van der Waals surface area contributed by atoms with Crippen molar-refractivity contribution >= 4 is 30.0 Å². The van der Waals surface area contributed by atoms with Crippen LogP contribution in [0.25, 0.3) is 0 Å². The summed E-state index contributed by atoms with van der Waals surface area (Å²) in [5, 5.41) is 3.72. The smallest absolute Gasteiger partial charge is 0.339 e. The molecular weight excluding hydrogens is 441 g/mol. The van der Waals surface area contributed by atoms with Gasteiger partial charge in [0.15, 0.2) is 0 Å². The fourth-order valence-electron chi connectivity index (χ4n) is 3.51. The largest absolute Gasteiger partial charge is 0.474 e. The Labute approximate surface area is 194 Å². The first-order chi connectivity index (χ1) is 14.7. The van der Waals surface area contributed by atoms with Crippen molar-refractivity contribution < 1.29 is 19.0 Å². The molecule has 2 aliphatic rings. The summed E-state index contributed by atoms with van der Waals surface area (Å²) in [6.07, 6.45) is 7.82. The Morgan fingerprint density at radius 2 is 1.87 bits per heavy atom. The van der Waals surface area contributed by atoms with Crippen molar-refractivity contribution in [2.24, 2.45) is 0 Å². The van der Waals surface area contributed by atoms with Gasteiger partial charge in [-0.15, -0.1) is 12.4 Å². The van der Waals surface area contributed by atoms with E-state index in [9.17, 15) is 4.79 Å². The lowest BCUT2D eigenvalue weighted by Gasteiger charge is -2.27. The van der Waals surface area contributed by atoms with Gasteiger partial charge in [-0.1, -0.05) is 17.7 Å². The zero-order chi connectivity index (χ0) is 21.2. The van der Waals surface area contributed by atoms with E-state index < -0.39 is 5.97 Å². The minimum Gasteiger partial charge on any atom is -0.474 e. The van der Waals surface area contributed by atoms with Gasteiger partial charge in [0.25, 0.3) is 0 Å². The molecule has 0 aromatic carbocycles. The van der Waals surface area contributed by atoms with E-state index in [1.165, 1.54) is 24.9 Å². The molecule has 2 fully saturated rings. The third-order valence-electron chi connectivity index (χ3n) is 5.17. The van der Waals surface area contributed by atoms with E-state index in [1.807, 2.05) is 12.3 Å². The molecule has 0 spiro atoms. The molecule has 0 radical (unpaired) electrons. The normalized spacial score (nSPS) is 17.0. The molecule has 2 saturated heterocycles. The molecule has 0 aliphatic carbocycles. The minimum atomic E-state index is -0.408. The third kappa shape index (κ3) is 7.92. The predicted octanol–water partition coefficient (Wildman–Crippen LogP) is 4.05. The van der Waals surface area contributed by atoms with Crippen LogP contribution in [0.3, 0.4) is 0 Å². The zero-order valence-corrected chi connectivity index (χ0v) is 19.2. The first-order valence-corrected chi connectivity index (χ1v) is 10.6. The number of carbonyl (C=O) groups excluding carboxylic acids is 1. The van der Waals surface area contributed by atoms with Crippen LogP contribution in [-0.2, 0) is 9.47 Å². The van der Waals surface area contributed by atoms with Crippen molar-refractivity contribution in [1.29, 1.82) is 0 Å². The first kappa shape index (κ1) is 25.3. The number of nitrogens with zero attached hydrogens (tertiary/aromatic N) is 2. The molecule has 0 amide bonds. The quantitative estimate of drug-likeness (QED) is 0.533. The van der Waals surface area contributed by atoms with Gasteiger partial charge in [-0.2, -0.15) is 0 Å². The lowest BCUT2D eigenvalue weighted by Crippen LogP contribution is -2.34. The molecular formula is C22H29Cl2N3O4. The molecule has 2 aromatic rings. The maximum Gasteiger partial charge on any atom is 0.339 e. The Morgan fingerprint density at radius 3 is 2.52 bits per heavy atom. The number of piperidine rings is 1. The van der Waals surface area contributed by atoms with E-state index in [0.29, 0.717) is 22.7 Å². The van der Waals surface area contributed by atoms with Crippen molar-refractivity contribution in [3.8, 4) is 5.88 Å². The van der Waals surface area contributed by atoms with E-state index in [2.05, 4.69) is 26.1 Å². The van der Waals surface area contributed by atoms with Crippen molar-refractivity contribution in [2.75, 3.05) is 33.4 Å². The number of pyridine rings is 2. The van der Waals surface area contributed by atoms with Crippen LogP contribution in [0.5, 0.6) is 5.88 Å². The lowest BCUT2D eigenvalue weighted by molar-refractivity contribution is 0.0600. The van der Waals surface area contributed by atoms with E-state index in [1.54, 1.807) is 6.07 Å². The number of methoxy groups -OCH3 is 1. The van der Waals surface area contributed by atoms with E-state index in [4.69, 9.17) is 21.1 Å². The maximum absolute atomic E-state index is 10.8. The summed E-state index contributed by atoms with van der Waals surface area (Å²) in [7, 11) is 1.32. The maximum atomic E-state index is 10.8. The summed E-state index contributed by atoms with van der Waals surface area (Å²) >= 11 is 5.50. The molecule has 0 bridgehead atoms. The van der Waals surface area contributed by atoms with Crippen molar-refractivity contribution in [1.82, 2.24) is 15.3 Å². The lowest BCUT2D eigenvalue weighted by atomic mass is 9.92. The van der Waals surface area contributed by atoms with Gasteiger partial charge in [-0.25, -0.2) is 14.8 Å². The fourth-order valence-corrected chi connectivity index (χ4v) is 3.62. The van der Waals surface area contributed by atoms with Crippen LogP contribution in [0.15, 0.2) is 36.7 Å². The summed E-state index contributed by atoms with van der Waals surface area (Å²) in [6, 6.07) is 7.27. The van der Waals surface area contributed by atoms with Crippen LogP contribution < -0.4 is 10.1 Å². The highest BCUT2D eigenvalue weighted by Crippen LogP contribution is 2.33. The van der Waals surface area contributed by atoms with Gasteiger partial charge in [-0.3, -0.25) is 0 Å². The van der Waals surface area contributed by atoms with E-state index in [-0.39, 0.29) is 12.4 Å². The second-order valence-electron chi connectivity index (χ2n) is 7.21. The summed E-state index contributed by atoms with van der Waals surface area (Å²) in [4.78, 5) is 19.0. The average Bonchev–Trinajstić information content (AvgIpc) is 2.81. The summed E-state index contributed by atoms with van der Waals surface area (Å²) in [5.74, 6) is 0.981. The zero-order valence-electron chi connectivity index (χ0n) is 17.6. The Hall–Kier alpha value is -1.93. The molecule has 170 valence electrons. The Bertz CT molecular complexity index is 796. The van der Waals surface area contributed by atoms with Gasteiger partial charge < -0.3 is 19.5 Å². The minimum absolute atomic E-state index is 0. The summed E-state index contributed by atoms with van der Waals surface area (Å²) in [6.45, 7) is 3.80. The number of ether oxygens (including phenoxy) is 3. The highest BCUT2D eigenvalue weighted by molar-refractivity contribution is 6.29. The van der Waals surface area contributed by atoms with Crippen LogP contribution in [-0.4, -0.2) is 55.5 Å². The van der Waals surface area contributed by atoms with Crippen molar-refractivity contribution in [3.05, 3.63) is 52.9 Å². The molecule has 0 unspecified atom stereocenters. The van der Waals surface area contributed by atoms with Gasteiger partial charge in [0.05, 0.1) is 12.7 Å². The number of esters is 1. The average molecular weight is 470 g/mol. The van der Waals surface area contributed by atoms with Crippen LogP contribution >= 0.6 is 24.0 Å². The number of nitrogens with one attached hydrogen (secondary N) is 1. The Kier molecular flexibility index (Phi) is 11.0. The Morgan fingerprint density at radius 1 is 1.13 bits per heavy atom. The molecule has 4 rings (SSSR count). The summed E-state index contributed by atoms with van der Waals surface area (Å²) in [5.41, 5.74) is 1.67. The Balaban J connectivity index is 0.000000245. The van der Waals surface area contributed by atoms with E-state index in [0.717, 1.165) is 57.9 Å². The first-order valence-electron chi connectivity index (χ1n) is 10.3. The molecule has 0 atom stereocenters. The summed E-state index contributed by atoms with van der Waals surface area (Å²) < 4.78 is 16.0. The SMILES string of the molecule is COC(=O)c1ccc(Cl)nc1.Cl.c1cnc(OC2CCNCC2)c(C2CCOCC2)c1. The van der Waals surface area contributed by atoms with Gasteiger partial charge in [0.1, 0.15) is 11.3 Å². The fraction of sp³-hybridized carbons (Fsp3) is 0.500. The highest BCUT2D eigenvalue weighted by atomic mass is 35.5. The van der Waals surface area contributed by atoms with E-state index >= 15 is 0 Å². The molecule has 0 saturated carbocycles. The topological polar surface area (TPSA) is 82.6 Å². The van der Waals surface area contributed by atoms with Crippen LogP contribution in [0.4, 0.5) is 0 Å². The van der Waals surface area contributed by atoms with Crippen LogP contribution in [0, 0.1) is 0 Å². The standard InChI is InChI=1S/C15H22N2O2.C7H6ClNO2.ClH/c1-2-14(12-5-10-18-11-6-12)15(17-7-1)19-13-3-8-16-9-4-13;1-11-7(10)5-2-3-6(8)9-4-5;/h1-2,7,12-13,16H,3-6,8-11H2;2-4H,1H3;1H. The van der Waals surface area contributed by atoms with Crippen molar-refractivity contribution in [3.63, 3.8) is 0 Å². The van der Waals surface area contributed by atoms with Crippen LogP contribution in [0.2, 0.25) is 5.15 Å². The van der Waals surface area contributed by atoms with Crippen LogP contribution in [0.1, 0.15) is 47.5 Å². The van der Waals surface area contributed by atoms with Gasteiger partial charge in [0, 0.05) is 31.2 Å². The molecule has 31 heavy (non-hydrogen) atoms. The second kappa shape index (κ2) is 13.5. The third-order valence-corrected chi connectivity index (χ3v) is 5.40. The monoisotopic (exact) mass is 469 g/mol. The number of halogens is 2. The molecule has 7 nitrogen and oxygen atoms in total. The number of rotatable bonds is 4. The molecule has 2 aliphatic heterocycles. The van der Waals surface area contributed by atoms with Crippen molar-refractivity contribution in [2.45, 2.75) is 37.7 Å². The second-order valence-corrected chi connectivity index (χ2v) is 7.60. The number of aromatic nitrogens is 2. The molecule has 2 aromatic heterocycles. The predicted molar refractivity (Wildman–Crippen MR) is 121 cm³/mol. The van der Waals surface area contributed by atoms with Gasteiger partial charge in [0.2, 0.25) is 5.88 Å². The number of carbonyl (C=O) groups is 1. The molecule has 4 heterocycles. The molecule has 1 N–H and O–H groups in total. The number of hydrogen-bond acceptors (Lipinski definition) is 7. The van der Waals surface area contributed by atoms with Gasteiger partial charge >= 0.3 is 5.97 Å². The molecule has 9 heteroatoms.